The van der Waals surface area contributed by atoms with E-state index in [1.165, 1.54) is 19.3 Å². The van der Waals surface area contributed by atoms with Crippen LogP contribution in [-0.2, 0) is 5.11 Å². The van der Waals surface area contributed by atoms with E-state index < -0.39 is 6.23 Å². The van der Waals surface area contributed by atoms with E-state index in [-0.39, 0.29) is 0 Å². The zero-order valence-corrected chi connectivity index (χ0v) is 7.38. The summed E-state index contributed by atoms with van der Waals surface area (Å²) in [5.74, 6) is 0. The highest BCUT2D eigenvalue weighted by Crippen LogP contribution is 2.13. The molecule has 0 N–H and O–H groups in total. The molecule has 1 radical (unpaired) electrons. The minimum absolute atomic E-state index is 0.416. The third-order valence-electron chi connectivity index (χ3n) is 2.33. The van der Waals surface area contributed by atoms with Crippen molar-refractivity contribution in [2.45, 2.75) is 45.3 Å². The zero-order chi connectivity index (χ0) is 8.10. The Morgan fingerprint density at radius 2 is 1.91 bits per heavy atom. The van der Waals surface area contributed by atoms with Crippen LogP contribution >= 0.6 is 0 Å². The Morgan fingerprint density at radius 1 is 1.27 bits per heavy atom. The van der Waals surface area contributed by atoms with Crippen molar-refractivity contribution in [1.29, 1.82) is 0 Å². The van der Waals surface area contributed by atoms with Crippen molar-refractivity contribution in [3.63, 3.8) is 0 Å². The molecule has 0 amide bonds. The molecule has 65 valence electrons. The van der Waals surface area contributed by atoms with Crippen LogP contribution < -0.4 is 0 Å². The van der Waals surface area contributed by atoms with Gasteiger partial charge in [-0.25, -0.2) is 5.11 Å². The van der Waals surface area contributed by atoms with Crippen molar-refractivity contribution in [1.82, 2.24) is 4.90 Å². The summed E-state index contributed by atoms with van der Waals surface area (Å²) in [7, 11) is 0. The topological polar surface area (TPSA) is 23.1 Å². The Hall–Kier alpha value is -0.0800. The van der Waals surface area contributed by atoms with Crippen LogP contribution in [0.25, 0.3) is 0 Å². The number of likely N-dealkylation sites (tertiary alicyclic amines) is 1. The standard InChI is InChI=1S/C9H18NO/c1-2-6-9(11)10-7-4-3-5-8-10/h9H,2-8H2,1H3. The molecule has 0 aromatic carbocycles. The van der Waals surface area contributed by atoms with Gasteiger partial charge in [-0.3, -0.25) is 4.90 Å². The van der Waals surface area contributed by atoms with Gasteiger partial charge in [0.15, 0.2) is 0 Å². The van der Waals surface area contributed by atoms with Crippen LogP contribution in [0.2, 0.25) is 0 Å². The molecule has 0 saturated carbocycles. The van der Waals surface area contributed by atoms with Crippen LogP contribution in [0.1, 0.15) is 39.0 Å². The first kappa shape index (κ1) is 9.01. The fourth-order valence-corrected chi connectivity index (χ4v) is 1.64. The molecule has 2 nitrogen and oxygen atoms in total. The maximum absolute atomic E-state index is 11.4. The van der Waals surface area contributed by atoms with Crippen molar-refractivity contribution < 1.29 is 5.11 Å². The Kier molecular flexibility index (Phi) is 3.87. The van der Waals surface area contributed by atoms with Crippen LogP contribution in [0, 0.1) is 0 Å². The molecule has 1 fully saturated rings. The molecule has 1 rings (SSSR count). The van der Waals surface area contributed by atoms with Gasteiger partial charge in [0, 0.05) is 13.1 Å². The molecule has 0 aromatic rings. The number of rotatable bonds is 3. The lowest BCUT2D eigenvalue weighted by atomic mass is 10.1. The first-order valence-corrected chi connectivity index (χ1v) is 4.74. The minimum Gasteiger partial charge on any atom is -0.276 e. The summed E-state index contributed by atoms with van der Waals surface area (Å²) in [6.07, 6.45) is 5.19. The minimum atomic E-state index is -0.416. The molecule has 1 heterocycles. The van der Waals surface area contributed by atoms with E-state index in [1.54, 1.807) is 0 Å². The van der Waals surface area contributed by atoms with Gasteiger partial charge in [0.2, 0.25) is 0 Å². The average molecular weight is 156 g/mol. The molecule has 0 bridgehead atoms. The van der Waals surface area contributed by atoms with E-state index in [2.05, 4.69) is 11.8 Å². The maximum atomic E-state index is 11.4. The van der Waals surface area contributed by atoms with Crippen molar-refractivity contribution in [3.05, 3.63) is 0 Å². The summed E-state index contributed by atoms with van der Waals surface area (Å²) in [6, 6.07) is 0. The molecule has 1 atom stereocenters. The van der Waals surface area contributed by atoms with Crippen molar-refractivity contribution >= 4 is 0 Å². The largest absolute Gasteiger partial charge is 0.276 e. The van der Waals surface area contributed by atoms with Gasteiger partial charge >= 0.3 is 0 Å². The van der Waals surface area contributed by atoms with Crippen molar-refractivity contribution in [3.8, 4) is 0 Å². The molecule has 0 spiro atoms. The van der Waals surface area contributed by atoms with Crippen LogP contribution in [0.3, 0.4) is 0 Å². The highest BCUT2D eigenvalue weighted by atomic mass is 16.3. The average Bonchev–Trinajstić information content (AvgIpc) is 2.07. The van der Waals surface area contributed by atoms with Gasteiger partial charge in [0.25, 0.3) is 0 Å². The molecule has 1 saturated heterocycles. The van der Waals surface area contributed by atoms with Crippen molar-refractivity contribution in [2.24, 2.45) is 0 Å². The van der Waals surface area contributed by atoms with E-state index in [0.717, 1.165) is 25.9 Å². The second-order valence-corrected chi connectivity index (χ2v) is 3.34. The SMILES string of the molecule is CCCC([O])N1CCCCC1. The maximum Gasteiger partial charge on any atom is 0.146 e. The first-order valence-electron chi connectivity index (χ1n) is 4.74. The molecule has 2 heteroatoms. The molecule has 1 aliphatic rings. The molecular formula is C9H18NO. The molecule has 0 aliphatic carbocycles. The monoisotopic (exact) mass is 156 g/mol. The Morgan fingerprint density at radius 3 is 2.45 bits per heavy atom. The lowest BCUT2D eigenvalue weighted by Gasteiger charge is -2.29. The smallest absolute Gasteiger partial charge is 0.146 e. The van der Waals surface area contributed by atoms with Gasteiger partial charge in [-0.15, -0.1) is 0 Å². The van der Waals surface area contributed by atoms with Gasteiger partial charge < -0.3 is 0 Å². The predicted octanol–water partition coefficient (Wildman–Crippen LogP) is 2.03. The highest BCUT2D eigenvalue weighted by Gasteiger charge is 2.17. The highest BCUT2D eigenvalue weighted by molar-refractivity contribution is 4.66. The molecular weight excluding hydrogens is 138 g/mol. The van der Waals surface area contributed by atoms with E-state index in [0.29, 0.717) is 0 Å². The quantitative estimate of drug-likeness (QED) is 0.613. The summed E-state index contributed by atoms with van der Waals surface area (Å²) in [5, 5.41) is 11.4. The third-order valence-corrected chi connectivity index (χ3v) is 2.33. The predicted molar refractivity (Wildman–Crippen MR) is 44.8 cm³/mol. The van der Waals surface area contributed by atoms with Gasteiger partial charge in [-0.05, 0) is 19.3 Å². The van der Waals surface area contributed by atoms with Gasteiger partial charge in [0.1, 0.15) is 6.23 Å². The summed E-state index contributed by atoms with van der Waals surface area (Å²) < 4.78 is 0. The fourth-order valence-electron chi connectivity index (χ4n) is 1.64. The summed E-state index contributed by atoms with van der Waals surface area (Å²) in [6.45, 7) is 4.15. The second-order valence-electron chi connectivity index (χ2n) is 3.34. The van der Waals surface area contributed by atoms with Crippen LogP contribution in [0.4, 0.5) is 0 Å². The van der Waals surface area contributed by atoms with Crippen LogP contribution in [0.5, 0.6) is 0 Å². The summed E-state index contributed by atoms with van der Waals surface area (Å²) in [4.78, 5) is 2.09. The summed E-state index contributed by atoms with van der Waals surface area (Å²) in [5.41, 5.74) is 0. The van der Waals surface area contributed by atoms with Gasteiger partial charge in [-0.2, -0.15) is 0 Å². The Bertz CT molecular complexity index is 99.7. The normalized spacial score (nSPS) is 23.5. The van der Waals surface area contributed by atoms with Crippen LogP contribution in [0.15, 0.2) is 0 Å². The van der Waals surface area contributed by atoms with Crippen LogP contribution in [-0.4, -0.2) is 24.2 Å². The van der Waals surface area contributed by atoms with E-state index >= 15 is 0 Å². The molecule has 0 aromatic heterocycles. The summed E-state index contributed by atoms with van der Waals surface area (Å²) >= 11 is 0. The number of nitrogens with zero attached hydrogens (tertiary/aromatic N) is 1. The van der Waals surface area contributed by atoms with E-state index in [1.807, 2.05) is 0 Å². The number of hydrogen-bond donors (Lipinski definition) is 0. The first-order chi connectivity index (χ1) is 5.34. The third kappa shape index (κ3) is 2.80. The number of piperidine rings is 1. The van der Waals surface area contributed by atoms with E-state index in [4.69, 9.17) is 0 Å². The lowest BCUT2D eigenvalue weighted by Crippen LogP contribution is -2.38. The second kappa shape index (κ2) is 4.73. The molecule has 1 aliphatic heterocycles. The zero-order valence-electron chi connectivity index (χ0n) is 7.38. The number of hydrogen-bond acceptors (Lipinski definition) is 1. The van der Waals surface area contributed by atoms with Crippen molar-refractivity contribution in [2.75, 3.05) is 13.1 Å². The van der Waals surface area contributed by atoms with Gasteiger partial charge in [0.05, 0.1) is 0 Å². The van der Waals surface area contributed by atoms with Gasteiger partial charge in [-0.1, -0.05) is 19.8 Å². The molecule has 11 heavy (non-hydrogen) atoms. The lowest BCUT2D eigenvalue weighted by molar-refractivity contribution is -0.0619. The Balaban J connectivity index is 2.21. The molecule has 1 unspecified atom stereocenters. The fraction of sp³-hybridized carbons (Fsp3) is 1.00. The van der Waals surface area contributed by atoms with E-state index in [9.17, 15) is 5.11 Å². The Labute approximate surface area is 69.2 Å².